The lowest BCUT2D eigenvalue weighted by atomic mass is 9.71. The molecule has 3 rings (SSSR count). The van der Waals surface area contributed by atoms with Crippen LogP contribution in [0.4, 0.5) is 0 Å². The molecule has 2 heteroatoms. The summed E-state index contributed by atoms with van der Waals surface area (Å²) in [6, 6.07) is 18.0. The van der Waals surface area contributed by atoms with Crippen LogP contribution in [0, 0.1) is 0 Å². The third-order valence-electron chi connectivity index (χ3n) is 4.65. The van der Waals surface area contributed by atoms with E-state index in [1.165, 1.54) is 47.9 Å². The lowest BCUT2D eigenvalue weighted by Gasteiger charge is -2.32. The van der Waals surface area contributed by atoms with Gasteiger partial charge in [-0.05, 0) is 47.9 Å². The molecule has 0 spiro atoms. The third kappa shape index (κ3) is 2.61. The SMILES string of the molecule is BrCCCC1(CCCBr)c2ccccc2-c2ccccc21. The molecule has 2 aromatic carbocycles. The van der Waals surface area contributed by atoms with Crippen LogP contribution in [0.1, 0.15) is 36.8 Å². The minimum atomic E-state index is 0.203. The summed E-state index contributed by atoms with van der Waals surface area (Å²) in [6.07, 6.45) is 4.87. The molecule has 0 N–H and O–H groups in total. The zero-order chi connectivity index (χ0) is 14.7. The maximum atomic E-state index is 3.62. The molecular weight excluding hydrogens is 388 g/mol. The fourth-order valence-corrected chi connectivity index (χ4v) is 4.38. The van der Waals surface area contributed by atoms with Gasteiger partial charge in [0.2, 0.25) is 0 Å². The maximum absolute atomic E-state index is 3.62. The van der Waals surface area contributed by atoms with Crippen LogP contribution < -0.4 is 0 Å². The van der Waals surface area contributed by atoms with Gasteiger partial charge in [0.15, 0.2) is 0 Å². The van der Waals surface area contributed by atoms with Crippen molar-refractivity contribution >= 4 is 31.9 Å². The number of benzene rings is 2. The molecule has 0 amide bonds. The van der Waals surface area contributed by atoms with E-state index in [2.05, 4.69) is 80.4 Å². The van der Waals surface area contributed by atoms with Crippen LogP contribution >= 0.6 is 31.9 Å². The highest BCUT2D eigenvalue weighted by atomic mass is 79.9. The van der Waals surface area contributed by atoms with Gasteiger partial charge in [0.05, 0.1) is 0 Å². The summed E-state index contributed by atoms with van der Waals surface area (Å²) in [5.74, 6) is 0. The molecule has 0 fully saturated rings. The number of alkyl halides is 2. The second kappa shape index (κ2) is 6.66. The largest absolute Gasteiger partial charge is 0.0928 e. The molecule has 21 heavy (non-hydrogen) atoms. The van der Waals surface area contributed by atoms with Crippen LogP contribution in [-0.2, 0) is 5.41 Å². The van der Waals surface area contributed by atoms with Crippen molar-refractivity contribution in [1.29, 1.82) is 0 Å². The molecule has 0 nitrogen and oxygen atoms in total. The van der Waals surface area contributed by atoms with Crippen molar-refractivity contribution in [3.8, 4) is 11.1 Å². The fourth-order valence-electron chi connectivity index (χ4n) is 3.82. The Bertz CT molecular complexity index is 563. The Morgan fingerprint density at radius 2 is 1.10 bits per heavy atom. The molecule has 0 bridgehead atoms. The quantitative estimate of drug-likeness (QED) is 0.492. The summed E-state index contributed by atoms with van der Waals surface area (Å²) in [4.78, 5) is 0. The number of rotatable bonds is 6. The molecule has 2 aromatic rings. The third-order valence-corrected chi connectivity index (χ3v) is 5.77. The zero-order valence-corrected chi connectivity index (χ0v) is 15.3. The Hall–Kier alpha value is -0.600. The monoisotopic (exact) mass is 406 g/mol. The highest BCUT2D eigenvalue weighted by Crippen LogP contribution is 2.53. The Morgan fingerprint density at radius 3 is 1.52 bits per heavy atom. The zero-order valence-electron chi connectivity index (χ0n) is 12.1. The lowest BCUT2D eigenvalue weighted by molar-refractivity contribution is 0.440. The molecule has 0 heterocycles. The van der Waals surface area contributed by atoms with Gasteiger partial charge >= 0.3 is 0 Å². The first-order valence-corrected chi connectivity index (χ1v) is 9.89. The molecule has 0 saturated heterocycles. The van der Waals surface area contributed by atoms with Crippen molar-refractivity contribution in [3.63, 3.8) is 0 Å². The molecule has 110 valence electrons. The Morgan fingerprint density at radius 1 is 0.667 bits per heavy atom. The minimum Gasteiger partial charge on any atom is -0.0928 e. The Balaban J connectivity index is 2.16. The maximum Gasteiger partial charge on any atom is 0.0215 e. The molecular formula is C19H20Br2. The smallest absolute Gasteiger partial charge is 0.0215 e. The van der Waals surface area contributed by atoms with Gasteiger partial charge in [-0.1, -0.05) is 80.4 Å². The number of fused-ring (bicyclic) bond motifs is 3. The summed E-state index contributed by atoms with van der Waals surface area (Å²) in [5.41, 5.74) is 6.16. The molecule has 0 unspecified atom stereocenters. The van der Waals surface area contributed by atoms with E-state index in [9.17, 15) is 0 Å². The second-order valence-electron chi connectivity index (χ2n) is 5.76. The summed E-state index contributed by atoms with van der Waals surface area (Å²) in [6.45, 7) is 0. The molecule has 1 aliphatic rings. The number of halogens is 2. The van der Waals surface area contributed by atoms with Crippen molar-refractivity contribution in [2.75, 3.05) is 10.7 Å². The van der Waals surface area contributed by atoms with E-state index in [-0.39, 0.29) is 5.41 Å². The molecule has 1 aliphatic carbocycles. The molecule has 0 saturated carbocycles. The van der Waals surface area contributed by atoms with Crippen LogP contribution in [-0.4, -0.2) is 10.7 Å². The van der Waals surface area contributed by atoms with E-state index >= 15 is 0 Å². The first kappa shape index (κ1) is 15.3. The number of hydrogen-bond acceptors (Lipinski definition) is 0. The van der Waals surface area contributed by atoms with Crippen LogP contribution in [0.25, 0.3) is 11.1 Å². The Kier molecular flexibility index (Phi) is 4.85. The summed E-state index contributed by atoms with van der Waals surface area (Å²) in [5, 5.41) is 2.15. The first-order chi connectivity index (χ1) is 10.3. The van der Waals surface area contributed by atoms with E-state index in [0.717, 1.165) is 10.7 Å². The van der Waals surface area contributed by atoms with Crippen LogP contribution in [0.3, 0.4) is 0 Å². The van der Waals surface area contributed by atoms with E-state index in [4.69, 9.17) is 0 Å². The van der Waals surface area contributed by atoms with Crippen LogP contribution in [0.5, 0.6) is 0 Å². The molecule has 0 radical (unpaired) electrons. The highest BCUT2D eigenvalue weighted by Gasteiger charge is 2.41. The second-order valence-corrected chi connectivity index (χ2v) is 7.34. The average Bonchev–Trinajstić information content (AvgIpc) is 2.82. The highest BCUT2D eigenvalue weighted by molar-refractivity contribution is 9.09. The van der Waals surface area contributed by atoms with Crippen molar-refractivity contribution in [1.82, 2.24) is 0 Å². The summed E-state index contributed by atoms with van der Waals surface area (Å²) < 4.78 is 0. The van der Waals surface area contributed by atoms with Gasteiger partial charge in [0.25, 0.3) is 0 Å². The van der Waals surface area contributed by atoms with Crippen molar-refractivity contribution in [2.45, 2.75) is 31.1 Å². The van der Waals surface area contributed by atoms with E-state index in [1.807, 2.05) is 0 Å². The van der Waals surface area contributed by atoms with Crippen molar-refractivity contribution in [2.24, 2.45) is 0 Å². The standard InChI is InChI=1S/C19H20Br2/c20-13-5-11-19(12-6-14-21)17-9-3-1-7-15(17)16-8-2-4-10-18(16)19/h1-4,7-10H,5-6,11-14H2. The predicted molar refractivity (Wildman–Crippen MR) is 98.7 cm³/mol. The summed E-state index contributed by atoms with van der Waals surface area (Å²) >= 11 is 7.24. The molecule has 0 atom stereocenters. The first-order valence-electron chi connectivity index (χ1n) is 7.65. The van der Waals surface area contributed by atoms with Crippen LogP contribution in [0.2, 0.25) is 0 Å². The lowest BCUT2D eigenvalue weighted by Crippen LogP contribution is -2.25. The van der Waals surface area contributed by atoms with Gasteiger partial charge in [0, 0.05) is 16.1 Å². The van der Waals surface area contributed by atoms with Gasteiger partial charge in [-0.25, -0.2) is 0 Å². The fraction of sp³-hybridized carbons (Fsp3) is 0.368. The molecule has 0 aromatic heterocycles. The van der Waals surface area contributed by atoms with Gasteiger partial charge in [-0.2, -0.15) is 0 Å². The van der Waals surface area contributed by atoms with Gasteiger partial charge in [-0.15, -0.1) is 0 Å². The normalized spacial score (nSPS) is 14.8. The van der Waals surface area contributed by atoms with E-state index in [0.29, 0.717) is 0 Å². The number of hydrogen-bond donors (Lipinski definition) is 0. The van der Waals surface area contributed by atoms with Crippen LogP contribution in [0.15, 0.2) is 48.5 Å². The minimum absolute atomic E-state index is 0.203. The Labute approximate surface area is 144 Å². The summed E-state index contributed by atoms with van der Waals surface area (Å²) in [7, 11) is 0. The van der Waals surface area contributed by atoms with Gasteiger partial charge in [-0.3, -0.25) is 0 Å². The average molecular weight is 408 g/mol. The van der Waals surface area contributed by atoms with Gasteiger partial charge < -0.3 is 0 Å². The molecule has 0 aliphatic heterocycles. The predicted octanol–water partition coefficient (Wildman–Crippen LogP) is 6.30. The topological polar surface area (TPSA) is 0 Å². The van der Waals surface area contributed by atoms with Crippen molar-refractivity contribution in [3.05, 3.63) is 59.7 Å². The van der Waals surface area contributed by atoms with E-state index in [1.54, 1.807) is 0 Å². The van der Waals surface area contributed by atoms with Gasteiger partial charge in [0.1, 0.15) is 0 Å². The van der Waals surface area contributed by atoms with Crippen molar-refractivity contribution < 1.29 is 0 Å². The van der Waals surface area contributed by atoms with E-state index < -0.39 is 0 Å².